The Bertz CT molecular complexity index is 635. The fourth-order valence-electron chi connectivity index (χ4n) is 2.12. The Balaban J connectivity index is 1.99. The Morgan fingerprint density at radius 1 is 1.14 bits per heavy atom. The first-order valence-electron chi connectivity index (χ1n) is 6.89. The van der Waals surface area contributed by atoms with Crippen molar-refractivity contribution in [2.75, 3.05) is 29.5 Å². The molecule has 3 N–H and O–H groups in total. The molecule has 4 nitrogen and oxygen atoms in total. The first-order chi connectivity index (χ1) is 9.95. The zero-order chi connectivity index (χ0) is 15.4. The largest absolute Gasteiger partial charge is 0.399 e. The molecule has 1 amide bonds. The molecule has 0 aliphatic carbocycles. The first-order valence-corrected chi connectivity index (χ1v) is 6.89. The van der Waals surface area contributed by atoms with Gasteiger partial charge in [0.05, 0.1) is 6.54 Å². The highest BCUT2D eigenvalue weighted by Crippen LogP contribution is 2.18. The number of hydrogen-bond acceptors (Lipinski definition) is 3. The molecule has 0 heterocycles. The topological polar surface area (TPSA) is 58.4 Å². The van der Waals surface area contributed by atoms with Crippen LogP contribution in [-0.2, 0) is 4.79 Å². The lowest BCUT2D eigenvalue weighted by molar-refractivity contribution is -0.114. The van der Waals surface area contributed by atoms with Gasteiger partial charge in [0.25, 0.3) is 0 Å². The molecule has 0 saturated heterocycles. The SMILES string of the molecule is Cc1ccc(N(C)CC(=O)Nc2ccc(N)cc2C)cc1. The van der Waals surface area contributed by atoms with Crippen LogP contribution in [0.4, 0.5) is 17.1 Å². The maximum absolute atomic E-state index is 12.1. The van der Waals surface area contributed by atoms with Crippen LogP contribution < -0.4 is 16.0 Å². The van der Waals surface area contributed by atoms with Gasteiger partial charge >= 0.3 is 0 Å². The fourth-order valence-corrected chi connectivity index (χ4v) is 2.12. The highest BCUT2D eigenvalue weighted by Gasteiger charge is 2.09. The third-order valence-electron chi connectivity index (χ3n) is 3.38. The second-order valence-corrected chi connectivity index (χ2v) is 5.31. The Morgan fingerprint density at radius 2 is 1.81 bits per heavy atom. The summed E-state index contributed by atoms with van der Waals surface area (Å²) in [5.41, 5.74) is 10.4. The van der Waals surface area contributed by atoms with Gasteiger partial charge in [0.1, 0.15) is 0 Å². The molecule has 0 spiro atoms. The first kappa shape index (κ1) is 14.9. The normalized spacial score (nSPS) is 10.2. The van der Waals surface area contributed by atoms with Crippen LogP contribution in [0.2, 0.25) is 0 Å². The number of anilines is 3. The Morgan fingerprint density at radius 3 is 2.43 bits per heavy atom. The van der Waals surface area contributed by atoms with Crippen LogP contribution in [0.5, 0.6) is 0 Å². The van der Waals surface area contributed by atoms with Crippen molar-refractivity contribution >= 4 is 23.0 Å². The number of nitrogen functional groups attached to an aromatic ring is 1. The van der Waals surface area contributed by atoms with Gasteiger partial charge in [-0.15, -0.1) is 0 Å². The minimum absolute atomic E-state index is 0.0500. The van der Waals surface area contributed by atoms with Crippen LogP contribution in [0, 0.1) is 13.8 Å². The van der Waals surface area contributed by atoms with Crippen LogP contribution in [-0.4, -0.2) is 19.5 Å². The number of hydrogen-bond donors (Lipinski definition) is 2. The maximum Gasteiger partial charge on any atom is 0.243 e. The fraction of sp³-hybridized carbons (Fsp3) is 0.235. The molecule has 21 heavy (non-hydrogen) atoms. The second kappa shape index (κ2) is 6.31. The van der Waals surface area contributed by atoms with Crippen molar-refractivity contribution in [2.45, 2.75) is 13.8 Å². The maximum atomic E-state index is 12.1. The van der Waals surface area contributed by atoms with Crippen molar-refractivity contribution in [3.05, 3.63) is 53.6 Å². The summed E-state index contributed by atoms with van der Waals surface area (Å²) < 4.78 is 0. The Hall–Kier alpha value is -2.49. The molecule has 0 aliphatic heterocycles. The number of benzene rings is 2. The average Bonchev–Trinajstić information content (AvgIpc) is 2.42. The monoisotopic (exact) mass is 283 g/mol. The van der Waals surface area contributed by atoms with Gasteiger partial charge in [-0.1, -0.05) is 17.7 Å². The molecule has 0 unspecified atom stereocenters. The highest BCUT2D eigenvalue weighted by molar-refractivity contribution is 5.94. The highest BCUT2D eigenvalue weighted by atomic mass is 16.2. The van der Waals surface area contributed by atoms with Crippen molar-refractivity contribution in [1.82, 2.24) is 0 Å². The number of nitrogens with one attached hydrogen (secondary N) is 1. The van der Waals surface area contributed by atoms with Crippen molar-refractivity contribution in [1.29, 1.82) is 0 Å². The molecular weight excluding hydrogens is 262 g/mol. The standard InChI is InChI=1S/C17H21N3O/c1-12-4-7-15(8-5-12)20(3)11-17(21)19-16-9-6-14(18)10-13(16)2/h4-10H,11,18H2,1-3H3,(H,19,21). The van der Waals surface area contributed by atoms with Gasteiger partial charge in [-0.3, -0.25) is 4.79 Å². The van der Waals surface area contributed by atoms with E-state index in [1.165, 1.54) is 5.56 Å². The van der Waals surface area contributed by atoms with Crippen molar-refractivity contribution < 1.29 is 4.79 Å². The van der Waals surface area contributed by atoms with Crippen LogP contribution >= 0.6 is 0 Å². The second-order valence-electron chi connectivity index (χ2n) is 5.31. The summed E-state index contributed by atoms with van der Waals surface area (Å²) in [5, 5.41) is 2.91. The summed E-state index contributed by atoms with van der Waals surface area (Å²) in [7, 11) is 1.90. The summed E-state index contributed by atoms with van der Waals surface area (Å²) in [6.07, 6.45) is 0. The molecule has 2 aromatic rings. The van der Waals surface area contributed by atoms with Crippen LogP contribution in [0.25, 0.3) is 0 Å². The molecule has 110 valence electrons. The molecule has 0 fully saturated rings. The van der Waals surface area contributed by atoms with E-state index < -0.39 is 0 Å². The number of amides is 1. The van der Waals surface area contributed by atoms with Crippen molar-refractivity contribution in [2.24, 2.45) is 0 Å². The summed E-state index contributed by atoms with van der Waals surface area (Å²) in [6, 6.07) is 13.6. The van der Waals surface area contributed by atoms with E-state index >= 15 is 0 Å². The Kier molecular flexibility index (Phi) is 4.48. The van der Waals surface area contributed by atoms with Gasteiger partial charge in [0.2, 0.25) is 5.91 Å². The van der Waals surface area contributed by atoms with E-state index in [0.717, 1.165) is 16.9 Å². The van der Waals surface area contributed by atoms with Gasteiger partial charge < -0.3 is 16.0 Å². The molecule has 0 aliphatic rings. The molecule has 0 radical (unpaired) electrons. The summed E-state index contributed by atoms with van der Waals surface area (Å²) in [6.45, 7) is 4.27. The summed E-state index contributed by atoms with van der Waals surface area (Å²) >= 11 is 0. The van der Waals surface area contributed by atoms with E-state index in [1.807, 2.05) is 62.2 Å². The predicted octanol–water partition coefficient (Wildman–Crippen LogP) is 2.96. The van der Waals surface area contributed by atoms with Gasteiger partial charge in [-0.05, 0) is 49.7 Å². The van der Waals surface area contributed by atoms with Crippen LogP contribution in [0.3, 0.4) is 0 Å². The minimum atomic E-state index is -0.0500. The van der Waals surface area contributed by atoms with E-state index in [4.69, 9.17) is 5.73 Å². The number of nitrogens with two attached hydrogens (primary N) is 1. The van der Waals surface area contributed by atoms with E-state index in [9.17, 15) is 4.79 Å². The molecule has 0 saturated carbocycles. The van der Waals surface area contributed by atoms with Crippen LogP contribution in [0.1, 0.15) is 11.1 Å². The number of carbonyl (C=O) groups is 1. The molecule has 2 rings (SSSR count). The number of nitrogens with zero attached hydrogens (tertiary/aromatic N) is 1. The third kappa shape index (κ3) is 3.99. The Labute approximate surface area is 125 Å². The van der Waals surface area contributed by atoms with Crippen molar-refractivity contribution in [3.8, 4) is 0 Å². The van der Waals surface area contributed by atoms with Gasteiger partial charge in [-0.2, -0.15) is 0 Å². The molecule has 0 aromatic heterocycles. The smallest absolute Gasteiger partial charge is 0.243 e. The van der Waals surface area contributed by atoms with Crippen LogP contribution in [0.15, 0.2) is 42.5 Å². The lowest BCUT2D eigenvalue weighted by atomic mass is 10.2. The lowest BCUT2D eigenvalue weighted by Crippen LogP contribution is -2.30. The van der Waals surface area contributed by atoms with Gasteiger partial charge in [0.15, 0.2) is 0 Å². The number of rotatable bonds is 4. The number of likely N-dealkylation sites (N-methyl/N-ethyl adjacent to an activating group) is 1. The molecular formula is C17H21N3O. The molecule has 0 bridgehead atoms. The van der Waals surface area contributed by atoms with E-state index in [1.54, 1.807) is 6.07 Å². The molecule has 4 heteroatoms. The van der Waals surface area contributed by atoms with Crippen molar-refractivity contribution in [3.63, 3.8) is 0 Å². The zero-order valence-electron chi connectivity index (χ0n) is 12.7. The number of aryl methyl sites for hydroxylation is 2. The summed E-state index contributed by atoms with van der Waals surface area (Å²) in [5.74, 6) is -0.0500. The third-order valence-corrected chi connectivity index (χ3v) is 3.38. The molecule has 0 atom stereocenters. The average molecular weight is 283 g/mol. The van der Waals surface area contributed by atoms with E-state index in [2.05, 4.69) is 5.32 Å². The van der Waals surface area contributed by atoms with E-state index in [0.29, 0.717) is 12.2 Å². The van der Waals surface area contributed by atoms with Gasteiger partial charge in [-0.25, -0.2) is 0 Å². The summed E-state index contributed by atoms with van der Waals surface area (Å²) in [4.78, 5) is 14.0. The quantitative estimate of drug-likeness (QED) is 0.848. The number of carbonyl (C=O) groups excluding carboxylic acids is 1. The van der Waals surface area contributed by atoms with E-state index in [-0.39, 0.29) is 5.91 Å². The molecule has 2 aromatic carbocycles. The van der Waals surface area contributed by atoms with Gasteiger partial charge in [0, 0.05) is 24.1 Å². The predicted molar refractivity (Wildman–Crippen MR) is 88.7 cm³/mol. The zero-order valence-corrected chi connectivity index (χ0v) is 12.7. The minimum Gasteiger partial charge on any atom is -0.399 e. The lowest BCUT2D eigenvalue weighted by Gasteiger charge is -2.19.